The minimum absolute atomic E-state index is 0.0488. The zero-order valence-corrected chi connectivity index (χ0v) is 14.2. The molecule has 1 aliphatic rings. The highest BCUT2D eigenvalue weighted by molar-refractivity contribution is 7.91. The summed E-state index contributed by atoms with van der Waals surface area (Å²) in [5.41, 5.74) is 0.582. The minimum Gasteiger partial charge on any atom is -0.406 e. The van der Waals surface area contributed by atoms with Crippen LogP contribution in [-0.2, 0) is 19.4 Å². The Kier molecular flexibility index (Phi) is 4.24. The Morgan fingerprint density at radius 3 is 2.08 bits per heavy atom. The molecule has 2 aromatic rings. The van der Waals surface area contributed by atoms with Crippen molar-refractivity contribution in [3.8, 4) is 0 Å². The molecular weight excluding hydrogens is 326 g/mol. The van der Waals surface area contributed by atoms with Gasteiger partial charge in [0, 0.05) is 5.56 Å². The van der Waals surface area contributed by atoms with Gasteiger partial charge in [0.2, 0.25) is 15.7 Å². The quantitative estimate of drug-likeness (QED) is 0.800. The molecule has 6 heteroatoms. The molecule has 1 heterocycles. The van der Waals surface area contributed by atoms with Crippen LogP contribution in [0.5, 0.6) is 0 Å². The number of cyclic esters (lactones) is 1. The summed E-state index contributed by atoms with van der Waals surface area (Å²) in [7, 11) is -3.56. The minimum atomic E-state index is -3.56. The molecule has 124 valence electrons. The molecule has 0 aliphatic carbocycles. The number of benzene rings is 2. The van der Waals surface area contributed by atoms with Crippen LogP contribution in [0.1, 0.15) is 19.4 Å². The molecule has 0 radical (unpaired) electrons. The van der Waals surface area contributed by atoms with E-state index < -0.39 is 15.9 Å². The van der Waals surface area contributed by atoms with Gasteiger partial charge in [-0.3, -0.25) is 0 Å². The monoisotopic (exact) mass is 343 g/mol. The fourth-order valence-corrected chi connectivity index (χ4v) is 3.71. The maximum absolute atomic E-state index is 12.5. The van der Waals surface area contributed by atoms with Gasteiger partial charge in [0.25, 0.3) is 0 Å². The summed E-state index contributed by atoms with van der Waals surface area (Å²) in [4.78, 5) is 16.5. The van der Waals surface area contributed by atoms with Gasteiger partial charge in [-0.1, -0.05) is 32.0 Å². The Bertz CT molecular complexity index is 884. The number of ether oxygens (including phenoxy) is 1. The number of nitrogens with zero attached hydrogens (tertiary/aromatic N) is 1. The standard InChI is InChI=1S/C18H17NO4S/c1-12(2)16-18(20)23-17(19-16)13-8-10-15(11-9-13)24(21,22)14-6-4-3-5-7-14/h3-12,16H,1-2H3. The third-order valence-corrected chi connectivity index (χ3v) is 5.58. The third kappa shape index (κ3) is 2.97. The number of hydrogen-bond acceptors (Lipinski definition) is 5. The van der Waals surface area contributed by atoms with E-state index in [1.807, 2.05) is 13.8 Å². The lowest BCUT2D eigenvalue weighted by Gasteiger charge is -2.05. The van der Waals surface area contributed by atoms with Crippen molar-refractivity contribution in [3.05, 3.63) is 60.2 Å². The first kappa shape index (κ1) is 16.4. The van der Waals surface area contributed by atoms with Gasteiger partial charge in [-0.05, 0) is 42.3 Å². The van der Waals surface area contributed by atoms with Gasteiger partial charge < -0.3 is 4.74 Å². The number of sulfone groups is 1. The first-order valence-corrected chi connectivity index (χ1v) is 9.08. The van der Waals surface area contributed by atoms with Gasteiger partial charge >= 0.3 is 5.97 Å². The van der Waals surface area contributed by atoms with Crippen LogP contribution in [0.25, 0.3) is 0 Å². The molecule has 2 aromatic carbocycles. The summed E-state index contributed by atoms with van der Waals surface area (Å²) in [5, 5.41) is 0. The lowest BCUT2D eigenvalue weighted by atomic mass is 10.1. The van der Waals surface area contributed by atoms with E-state index in [0.29, 0.717) is 5.56 Å². The molecule has 0 spiro atoms. The largest absolute Gasteiger partial charge is 0.406 e. The number of hydrogen-bond donors (Lipinski definition) is 0. The lowest BCUT2D eigenvalue weighted by Crippen LogP contribution is -2.20. The van der Waals surface area contributed by atoms with Crippen molar-refractivity contribution in [2.24, 2.45) is 10.9 Å². The lowest BCUT2D eigenvalue weighted by molar-refractivity contribution is -0.135. The molecule has 0 bridgehead atoms. The summed E-state index contributed by atoms with van der Waals surface area (Å²) in [6, 6.07) is 13.9. The van der Waals surface area contributed by atoms with Crippen LogP contribution >= 0.6 is 0 Å². The van der Waals surface area contributed by atoms with E-state index in [2.05, 4.69) is 4.99 Å². The van der Waals surface area contributed by atoms with Crippen molar-refractivity contribution in [2.45, 2.75) is 29.7 Å². The van der Waals surface area contributed by atoms with Crippen LogP contribution in [0.15, 0.2) is 69.4 Å². The van der Waals surface area contributed by atoms with Crippen molar-refractivity contribution >= 4 is 21.7 Å². The SMILES string of the molecule is CC(C)C1N=C(c2ccc(S(=O)(=O)c3ccccc3)cc2)OC1=O. The second kappa shape index (κ2) is 6.20. The zero-order valence-electron chi connectivity index (χ0n) is 13.3. The van der Waals surface area contributed by atoms with E-state index in [1.54, 1.807) is 42.5 Å². The van der Waals surface area contributed by atoms with Crippen molar-refractivity contribution in [2.75, 3.05) is 0 Å². The first-order valence-electron chi connectivity index (χ1n) is 7.59. The van der Waals surface area contributed by atoms with E-state index >= 15 is 0 Å². The number of carbonyl (C=O) groups excluding carboxylic acids is 1. The van der Waals surface area contributed by atoms with Crippen molar-refractivity contribution < 1.29 is 17.9 Å². The van der Waals surface area contributed by atoms with E-state index in [0.717, 1.165) is 0 Å². The normalized spacial score (nSPS) is 17.7. The second-order valence-electron chi connectivity index (χ2n) is 5.89. The van der Waals surface area contributed by atoms with Gasteiger partial charge in [-0.25, -0.2) is 18.2 Å². The molecule has 3 rings (SSSR count). The van der Waals surface area contributed by atoms with Gasteiger partial charge in [0.1, 0.15) is 0 Å². The van der Waals surface area contributed by atoms with Crippen LogP contribution in [0.2, 0.25) is 0 Å². The highest BCUT2D eigenvalue weighted by Crippen LogP contribution is 2.23. The fraction of sp³-hybridized carbons (Fsp3) is 0.222. The second-order valence-corrected chi connectivity index (χ2v) is 7.83. The average molecular weight is 343 g/mol. The van der Waals surface area contributed by atoms with Gasteiger partial charge in [-0.15, -0.1) is 0 Å². The Labute approximate surface area is 140 Å². The Morgan fingerprint density at radius 1 is 0.958 bits per heavy atom. The van der Waals surface area contributed by atoms with Crippen LogP contribution in [-0.4, -0.2) is 26.3 Å². The number of rotatable bonds is 4. The molecule has 0 amide bonds. The average Bonchev–Trinajstić information content (AvgIpc) is 2.98. The Morgan fingerprint density at radius 2 is 1.54 bits per heavy atom. The number of esters is 1. The molecular formula is C18H17NO4S. The molecule has 0 saturated carbocycles. The van der Waals surface area contributed by atoms with E-state index in [4.69, 9.17) is 4.74 Å². The van der Waals surface area contributed by atoms with Crippen LogP contribution in [0.3, 0.4) is 0 Å². The summed E-state index contributed by atoms with van der Waals surface area (Å²) in [6.07, 6.45) is 0. The predicted molar refractivity (Wildman–Crippen MR) is 89.6 cm³/mol. The topological polar surface area (TPSA) is 72.8 Å². The Balaban J connectivity index is 1.90. The van der Waals surface area contributed by atoms with Crippen LogP contribution in [0, 0.1) is 5.92 Å². The fourth-order valence-electron chi connectivity index (χ4n) is 2.43. The summed E-state index contributed by atoms with van der Waals surface area (Å²) < 4.78 is 30.3. The molecule has 0 aromatic heterocycles. The van der Waals surface area contributed by atoms with Gasteiger partial charge in [0.05, 0.1) is 9.79 Å². The van der Waals surface area contributed by atoms with E-state index in [-0.39, 0.29) is 27.6 Å². The van der Waals surface area contributed by atoms with Gasteiger partial charge in [-0.2, -0.15) is 0 Å². The summed E-state index contributed by atoms with van der Waals surface area (Å²) in [5.74, 6) is -0.0870. The molecule has 24 heavy (non-hydrogen) atoms. The predicted octanol–water partition coefficient (Wildman–Crippen LogP) is 2.85. The smallest absolute Gasteiger partial charge is 0.338 e. The van der Waals surface area contributed by atoms with Crippen molar-refractivity contribution in [1.29, 1.82) is 0 Å². The molecule has 0 fully saturated rings. The summed E-state index contributed by atoms with van der Waals surface area (Å²) in [6.45, 7) is 3.79. The first-order chi connectivity index (χ1) is 11.4. The van der Waals surface area contributed by atoms with Crippen molar-refractivity contribution in [1.82, 2.24) is 0 Å². The van der Waals surface area contributed by atoms with Gasteiger partial charge in [0.15, 0.2) is 6.04 Å². The molecule has 1 unspecified atom stereocenters. The highest BCUT2D eigenvalue weighted by Gasteiger charge is 2.32. The maximum Gasteiger partial charge on any atom is 0.338 e. The third-order valence-electron chi connectivity index (χ3n) is 3.79. The number of carbonyl (C=O) groups is 1. The Hall–Kier alpha value is -2.47. The number of aliphatic imine (C=N–C) groups is 1. The molecule has 0 saturated heterocycles. The molecule has 1 aliphatic heterocycles. The highest BCUT2D eigenvalue weighted by atomic mass is 32.2. The van der Waals surface area contributed by atoms with Crippen LogP contribution < -0.4 is 0 Å². The molecule has 1 atom stereocenters. The zero-order chi connectivity index (χ0) is 17.3. The van der Waals surface area contributed by atoms with Crippen molar-refractivity contribution in [3.63, 3.8) is 0 Å². The maximum atomic E-state index is 12.5. The van der Waals surface area contributed by atoms with E-state index in [9.17, 15) is 13.2 Å². The van der Waals surface area contributed by atoms with Crippen LogP contribution in [0.4, 0.5) is 0 Å². The molecule has 5 nitrogen and oxygen atoms in total. The molecule has 0 N–H and O–H groups in total. The summed E-state index contributed by atoms with van der Waals surface area (Å²) >= 11 is 0. The van der Waals surface area contributed by atoms with E-state index in [1.165, 1.54) is 12.1 Å².